The highest BCUT2D eigenvalue weighted by Gasteiger charge is 2.29. The fraction of sp³-hybridized carbons (Fsp3) is 0.529. The molecule has 1 aromatic carbocycles. The Morgan fingerprint density at radius 3 is 2.89 bits per heavy atom. The second-order valence-electron chi connectivity index (χ2n) is 6.13. The molecule has 2 unspecified atom stereocenters. The Bertz CT molecular complexity index is 506. The number of hydrogen-bond donors (Lipinski definition) is 1. The summed E-state index contributed by atoms with van der Waals surface area (Å²) in [4.78, 5) is 2.43. The van der Waals surface area contributed by atoms with Crippen LogP contribution in [0.4, 0.5) is 0 Å². The van der Waals surface area contributed by atoms with Crippen LogP contribution in [0, 0.1) is 12.8 Å². The lowest BCUT2D eigenvalue weighted by atomic mass is 9.82. The second-order valence-corrected chi connectivity index (χ2v) is 6.13. The fourth-order valence-electron chi connectivity index (χ4n) is 3.53. The first-order valence-electron chi connectivity index (χ1n) is 7.32. The Morgan fingerprint density at radius 2 is 2.16 bits per heavy atom. The lowest BCUT2D eigenvalue weighted by Crippen LogP contribution is -2.26. The SMILES string of the molecule is Cc1cc2c(cc1O)C(C1C=CCC1)CN(C)CC2. The van der Waals surface area contributed by atoms with Crippen molar-refractivity contribution in [2.24, 2.45) is 5.92 Å². The van der Waals surface area contributed by atoms with Gasteiger partial charge in [-0.2, -0.15) is 0 Å². The highest BCUT2D eigenvalue weighted by atomic mass is 16.3. The lowest BCUT2D eigenvalue weighted by Gasteiger charge is -2.26. The number of benzene rings is 1. The van der Waals surface area contributed by atoms with Gasteiger partial charge in [-0.15, -0.1) is 0 Å². The van der Waals surface area contributed by atoms with E-state index in [0.717, 1.165) is 25.1 Å². The van der Waals surface area contributed by atoms with Gasteiger partial charge in [0.1, 0.15) is 5.75 Å². The van der Waals surface area contributed by atoms with Crippen LogP contribution in [0.2, 0.25) is 0 Å². The number of aromatic hydroxyl groups is 1. The minimum Gasteiger partial charge on any atom is -0.508 e. The predicted octanol–water partition coefficient (Wildman–Crippen LogP) is 3.24. The number of hydrogen-bond acceptors (Lipinski definition) is 2. The van der Waals surface area contributed by atoms with Crippen molar-refractivity contribution < 1.29 is 5.11 Å². The van der Waals surface area contributed by atoms with E-state index in [1.54, 1.807) is 0 Å². The molecule has 0 aromatic heterocycles. The molecule has 3 rings (SSSR count). The van der Waals surface area contributed by atoms with Crippen LogP contribution in [-0.2, 0) is 6.42 Å². The standard InChI is InChI=1S/C17H23NO/c1-12-9-14-7-8-18(2)11-16(13-5-3-4-6-13)15(14)10-17(12)19/h3,5,9-10,13,16,19H,4,6-8,11H2,1-2H3. The summed E-state index contributed by atoms with van der Waals surface area (Å²) in [5, 5.41) is 10.1. The third kappa shape index (κ3) is 2.42. The van der Waals surface area contributed by atoms with Gasteiger partial charge < -0.3 is 10.0 Å². The van der Waals surface area contributed by atoms with Gasteiger partial charge in [0.25, 0.3) is 0 Å². The molecule has 1 N–H and O–H groups in total. The van der Waals surface area contributed by atoms with Crippen molar-refractivity contribution in [2.45, 2.75) is 32.1 Å². The second kappa shape index (κ2) is 5.01. The molecule has 0 spiro atoms. The molecular weight excluding hydrogens is 234 g/mol. The Kier molecular flexibility index (Phi) is 3.36. The summed E-state index contributed by atoms with van der Waals surface area (Å²) < 4.78 is 0. The van der Waals surface area contributed by atoms with E-state index >= 15 is 0 Å². The average molecular weight is 257 g/mol. The first-order valence-corrected chi connectivity index (χ1v) is 7.32. The molecule has 0 amide bonds. The summed E-state index contributed by atoms with van der Waals surface area (Å²) in [5.74, 6) is 1.63. The number of phenolic OH excluding ortho intramolecular Hbond substituents is 1. The molecule has 2 atom stereocenters. The van der Waals surface area contributed by atoms with E-state index in [-0.39, 0.29) is 0 Å². The summed E-state index contributed by atoms with van der Waals surface area (Å²) in [6.45, 7) is 4.21. The van der Waals surface area contributed by atoms with Crippen molar-refractivity contribution in [1.29, 1.82) is 0 Å². The van der Waals surface area contributed by atoms with Crippen LogP contribution in [0.1, 0.15) is 35.4 Å². The molecule has 0 saturated carbocycles. The lowest BCUT2D eigenvalue weighted by molar-refractivity contribution is 0.299. The van der Waals surface area contributed by atoms with Gasteiger partial charge in [0.2, 0.25) is 0 Å². The number of nitrogens with zero attached hydrogens (tertiary/aromatic N) is 1. The highest BCUT2D eigenvalue weighted by Crippen LogP contribution is 2.39. The summed E-state index contributed by atoms with van der Waals surface area (Å²) in [7, 11) is 2.21. The summed E-state index contributed by atoms with van der Waals surface area (Å²) in [5.41, 5.74) is 3.82. The van der Waals surface area contributed by atoms with Crippen LogP contribution >= 0.6 is 0 Å². The van der Waals surface area contributed by atoms with E-state index in [2.05, 4.69) is 30.2 Å². The first kappa shape index (κ1) is 12.7. The van der Waals surface area contributed by atoms with Crippen LogP contribution in [-0.4, -0.2) is 30.1 Å². The van der Waals surface area contributed by atoms with Crippen LogP contribution < -0.4 is 0 Å². The Hall–Kier alpha value is -1.28. The Balaban J connectivity index is 2.03. The van der Waals surface area contributed by atoms with Crippen LogP contribution in [0.5, 0.6) is 5.75 Å². The van der Waals surface area contributed by atoms with Crippen LogP contribution in [0.15, 0.2) is 24.3 Å². The molecule has 1 aliphatic heterocycles. The highest BCUT2D eigenvalue weighted by molar-refractivity contribution is 5.44. The molecule has 0 fully saturated rings. The van der Waals surface area contributed by atoms with Gasteiger partial charge in [-0.3, -0.25) is 0 Å². The van der Waals surface area contributed by atoms with Crippen molar-refractivity contribution in [3.63, 3.8) is 0 Å². The monoisotopic (exact) mass is 257 g/mol. The normalized spacial score (nSPS) is 27.3. The summed E-state index contributed by atoms with van der Waals surface area (Å²) >= 11 is 0. The van der Waals surface area contributed by atoms with Crippen LogP contribution in [0.3, 0.4) is 0 Å². The van der Waals surface area contributed by atoms with Gasteiger partial charge in [-0.05, 0) is 61.9 Å². The van der Waals surface area contributed by atoms with Crippen molar-refractivity contribution in [3.05, 3.63) is 41.0 Å². The maximum atomic E-state index is 10.1. The third-order valence-electron chi connectivity index (χ3n) is 4.70. The molecule has 0 radical (unpaired) electrons. The Labute approximate surface area is 115 Å². The quantitative estimate of drug-likeness (QED) is 0.781. The summed E-state index contributed by atoms with van der Waals surface area (Å²) in [6.07, 6.45) is 8.25. The number of fused-ring (bicyclic) bond motifs is 1. The minimum absolute atomic E-state index is 0.454. The topological polar surface area (TPSA) is 23.5 Å². The maximum Gasteiger partial charge on any atom is 0.118 e. The zero-order chi connectivity index (χ0) is 13.4. The molecular formula is C17H23NO. The van der Waals surface area contributed by atoms with Crippen molar-refractivity contribution in [3.8, 4) is 5.75 Å². The van der Waals surface area contributed by atoms with E-state index in [9.17, 15) is 5.11 Å². The first-order chi connectivity index (χ1) is 9.15. The molecule has 0 bridgehead atoms. The van der Waals surface area contributed by atoms with Gasteiger partial charge in [0, 0.05) is 19.0 Å². The average Bonchev–Trinajstić information content (AvgIpc) is 2.86. The van der Waals surface area contributed by atoms with E-state index in [0.29, 0.717) is 17.6 Å². The van der Waals surface area contributed by atoms with Crippen molar-refractivity contribution >= 4 is 0 Å². The zero-order valence-electron chi connectivity index (χ0n) is 11.9. The fourth-order valence-corrected chi connectivity index (χ4v) is 3.53. The predicted molar refractivity (Wildman–Crippen MR) is 78.6 cm³/mol. The van der Waals surface area contributed by atoms with Crippen molar-refractivity contribution in [2.75, 3.05) is 20.1 Å². The number of likely N-dealkylation sites (N-methyl/N-ethyl adjacent to an activating group) is 1. The van der Waals surface area contributed by atoms with E-state index < -0.39 is 0 Å². The molecule has 2 nitrogen and oxygen atoms in total. The van der Waals surface area contributed by atoms with Gasteiger partial charge in [-0.1, -0.05) is 18.2 Å². The van der Waals surface area contributed by atoms with Gasteiger partial charge in [0.05, 0.1) is 0 Å². The van der Waals surface area contributed by atoms with Gasteiger partial charge in [-0.25, -0.2) is 0 Å². The number of allylic oxidation sites excluding steroid dienone is 2. The van der Waals surface area contributed by atoms with Gasteiger partial charge >= 0.3 is 0 Å². The molecule has 102 valence electrons. The van der Waals surface area contributed by atoms with Crippen LogP contribution in [0.25, 0.3) is 0 Å². The number of aryl methyl sites for hydroxylation is 1. The number of rotatable bonds is 1. The number of phenols is 1. The molecule has 2 aliphatic rings. The molecule has 19 heavy (non-hydrogen) atoms. The molecule has 1 heterocycles. The van der Waals surface area contributed by atoms with E-state index in [1.807, 2.05) is 13.0 Å². The van der Waals surface area contributed by atoms with E-state index in [4.69, 9.17) is 0 Å². The van der Waals surface area contributed by atoms with E-state index in [1.165, 1.54) is 24.0 Å². The van der Waals surface area contributed by atoms with Gasteiger partial charge in [0.15, 0.2) is 0 Å². The largest absolute Gasteiger partial charge is 0.508 e. The Morgan fingerprint density at radius 1 is 1.32 bits per heavy atom. The molecule has 0 saturated heterocycles. The smallest absolute Gasteiger partial charge is 0.118 e. The molecule has 2 heteroatoms. The maximum absolute atomic E-state index is 10.1. The molecule has 1 aromatic rings. The summed E-state index contributed by atoms with van der Waals surface area (Å²) in [6, 6.07) is 4.22. The zero-order valence-corrected chi connectivity index (χ0v) is 11.9. The molecule has 1 aliphatic carbocycles. The van der Waals surface area contributed by atoms with Crippen molar-refractivity contribution in [1.82, 2.24) is 4.90 Å². The minimum atomic E-state index is 0.454. The third-order valence-corrected chi connectivity index (χ3v) is 4.70.